The van der Waals surface area contributed by atoms with Crippen LogP contribution in [0.4, 0.5) is 0 Å². The fourth-order valence-corrected chi connectivity index (χ4v) is 1.34. The molecule has 0 aromatic carbocycles. The molecular formula is C11H17NO. The number of hydrogen-bond acceptors (Lipinski definition) is 1. The Morgan fingerprint density at radius 2 is 2.31 bits per heavy atom. The van der Waals surface area contributed by atoms with Crippen LogP contribution in [0.25, 0.3) is 0 Å². The zero-order valence-electron chi connectivity index (χ0n) is 8.39. The van der Waals surface area contributed by atoms with Gasteiger partial charge in [-0.1, -0.05) is 31.9 Å². The van der Waals surface area contributed by atoms with E-state index in [0.29, 0.717) is 6.54 Å². The van der Waals surface area contributed by atoms with Crippen molar-refractivity contribution in [1.82, 2.24) is 5.32 Å². The minimum absolute atomic E-state index is 0.0743. The molecule has 1 heterocycles. The fourth-order valence-electron chi connectivity index (χ4n) is 1.34. The summed E-state index contributed by atoms with van der Waals surface area (Å²) in [6.45, 7) is 4.88. The Labute approximate surface area is 79.7 Å². The smallest absolute Gasteiger partial charge is 0.251 e. The van der Waals surface area contributed by atoms with Crippen molar-refractivity contribution >= 4 is 5.91 Å². The molecule has 0 aromatic rings. The molecule has 1 amide bonds. The number of carbonyl (C=O) groups excluding carboxylic acids is 1. The third-order valence-electron chi connectivity index (χ3n) is 2.23. The van der Waals surface area contributed by atoms with Gasteiger partial charge in [-0.25, -0.2) is 0 Å². The Morgan fingerprint density at radius 1 is 1.54 bits per heavy atom. The van der Waals surface area contributed by atoms with Crippen LogP contribution < -0.4 is 5.32 Å². The zero-order chi connectivity index (χ0) is 9.68. The van der Waals surface area contributed by atoms with E-state index in [1.807, 2.05) is 13.0 Å². The van der Waals surface area contributed by atoms with Gasteiger partial charge in [0.25, 0.3) is 5.91 Å². The summed E-state index contributed by atoms with van der Waals surface area (Å²) in [5.41, 5.74) is 2.01. The van der Waals surface area contributed by atoms with E-state index in [1.54, 1.807) is 0 Å². The lowest BCUT2D eigenvalue weighted by Crippen LogP contribution is -2.16. The molecule has 0 unspecified atom stereocenters. The maximum atomic E-state index is 11.2. The lowest BCUT2D eigenvalue weighted by atomic mass is 10.1. The van der Waals surface area contributed by atoms with Gasteiger partial charge in [-0.2, -0.15) is 0 Å². The fraction of sp³-hybridized carbons (Fsp3) is 0.545. The average molecular weight is 179 g/mol. The van der Waals surface area contributed by atoms with E-state index in [0.717, 1.165) is 17.6 Å². The molecule has 0 bridgehead atoms. The average Bonchev–Trinajstić information content (AvgIpc) is 2.42. The monoisotopic (exact) mass is 179 g/mol. The van der Waals surface area contributed by atoms with Crippen molar-refractivity contribution in [2.75, 3.05) is 6.54 Å². The maximum Gasteiger partial charge on any atom is 0.251 e. The molecule has 0 fully saturated rings. The standard InChI is InChI=1S/C11H17NO/c1-3-4-5-6-7-10-9(2)8-12-11(10)13/h6-7H,3-5,8H2,1-2H3,(H,12,13)/b7-6-. The topological polar surface area (TPSA) is 29.1 Å². The summed E-state index contributed by atoms with van der Waals surface area (Å²) >= 11 is 0. The highest BCUT2D eigenvalue weighted by atomic mass is 16.1. The number of amides is 1. The summed E-state index contributed by atoms with van der Waals surface area (Å²) in [5, 5.41) is 2.80. The van der Waals surface area contributed by atoms with Crippen LogP contribution in [0.3, 0.4) is 0 Å². The van der Waals surface area contributed by atoms with E-state index in [9.17, 15) is 4.79 Å². The molecule has 0 saturated heterocycles. The molecule has 1 rings (SSSR count). The van der Waals surface area contributed by atoms with Crippen molar-refractivity contribution in [3.05, 3.63) is 23.3 Å². The summed E-state index contributed by atoms with van der Waals surface area (Å²) in [6, 6.07) is 0. The molecule has 0 atom stereocenters. The van der Waals surface area contributed by atoms with E-state index in [2.05, 4.69) is 18.3 Å². The van der Waals surface area contributed by atoms with E-state index in [-0.39, 0.29) is 5.91 Å². The maximum absolute atomic E-state index is 11.2. The molecule has 0 aromatic heterocycles. The van der Waals surface area contributed by atoms with Gasteiger partial charge in [0.15, 0.2) is 0 Å². The molecule has 0 saturated carbocycles. The van der Waals surface area contributed by atoms with Crippen molar-refractivity contribution in [2.45, 2.75) is 33.1 Å². The second-order valence-electron chi connectivity index (χ2n) is 3.42. The van der Waals surface area contributed by atoms with Crippen molar-refractivity contribution in [3.8, 4) is 0 Å². The lowest BCUT2D eigenvalue weighted by molar-refractivity contribution is -0.116. The molecule has 1 aliphatic heterocycles. The van der Waals surface area contributed by atoms with Crippen molar-refractivity contribution in [1.29, 1.82) is 0 Å². The van der Waals surface area contributed by atoms with Crippen molar-refractivity contribution in [3.63, 3.8) is 0 Å². The van der Waals surface area contributed by atoms with Gasteiger partial charge in [0, 0.05) is 12.1 Å². The van der Waals surface area contributed by atoms with Crippen molar-refractivity contribution < 1.29 is 4.79 Å². The largest absolute Gasteiger partial charge is 0.348 e. The Bertz CT molecular complexity index is 251. The van der Waals surface area contributed by atoms with Gasteiger partial charge in [-0.3, -0.25) is 4.79 Å². The van der Waals surface area contributed by atoms with E-state index in [4.69, 9.17) is 0 Å². The van der Waals surface area contributed by atoms with E-state index >= 15 is 0 Å². The number of carbonyl (C=O) groups is 1. The molecule has 1 N–H and O–H groups in total. The summed E-state index contributed by atoms with van der Waals surface area (Å²) in [5.74, 6) is 0.0743. The minimum Gasteiger partial charge on any atom is -0.348 e. The van der Waals surface area contributed by atoms with Crippen LogP contribution in [0.5, 0.6) is 0 Å². The second-order valence-corrected chi connectivity index (χ2v) is 3.42. The Hall–Kier alpha value is -1.05. The highest BCUT2D eigenvalue weighted by Crippen LogP contribution is 2.12. The predicted molar refractivity (Wildman–Crippen MR) is 54.4 cm³/mol. The molecule has 72 valence electrons. The van der Waals surface area contributed by atoms with Gasteiger partial charge in [0.05, 0.1) is 0 Å². The van der Waals surface area contributed by atoms with Gasteiger partial charge in [-0.15, -0.1) is 0 Å². The second kappa shape index (κ2) is 4.85. The zero-order valence-corrected chi connectivity index (χ0v) is 8.39. The number of hydrogen-bond donors (Lipinski definition) is 1. The number of nitrogens with one attached hydrogen (secondary N) is 1. The number of rotatable bonds is 4. The Kier molecular flexibility index (Phi) is 3.74. The van der Waals surface area contributed by atoms with Crippen LogP contribution in [0.2, 0.25) is 0 Å². The highest BCUT2D eigenvalue weighted by Gasteiger charge is 2.15. The van der Waals surface area contributed by atoms with Crippen LogP contribution in [0, 0.1) is 0 Å². The first-order valence-corrected chi connectivity index (χ1v) is 4.90. The van der Waals surface area contributed by atoms with Crippen molar-refractivity contribution in [2.24, 2.45) is 0 Å². The van der Waals surface area contributed by atoms with Gasteiger partial charge in [0.2, 0.25) is 0 Å². The van der Waals surface area contributed by atoms with E-state index < -0.39 is 0 Å². The first kappa shape index (κ1) is 10.0. The summed E-state index contributed by atoms with van der Waals surface area (Å²) in [7, 11) is 0. The quantitative estimate of drug-likeness (QED) is 0.658. The molecule has 2 heteroatoms. The highest BCUT2D eigenvalue weighted by molar-refractivity contribution is 5.99. The van der Waals surface area contributed by atoms with Crippen LogP contribution in [0.15, 0.2) is 23.3 Å². The minimum atomic E-state index is 0.0743. The number of allylic oxidation sites excluding steroid dienone is 1. The van der Waals surface area contributed by atoms with Gasteiger partial charge >= 0.3 is 0 Å². The summed E-state index contributed by atoms with van der Waals surface area (Å²) in [4.78, 5) is 11.2. The van der Waals surface area contributed by atoms with Crippen LogP contribution in [-0.4, -0.2) is 12.5 Å². The number of unbranched alkanes of at least 4 members (excludes halogenated alkanes) is 2. The molecule has 0 spiro atoms. The lowest BCUT2D eigenvalue weighted by Gasteiger charge is -1.92. The molecular weight excluding hydrogens is 162 g/mol. The first-order valence-electron chi connectivity index (χ1n) is 4.90. The molecule has 1 aliphatic rings. The predicted octanol–water partition coefficient (Wildman–Crippen LogP) is 2.18. The SMILES string of the molecule is CCCC/C=C\C1=C(C)CNC1=O. The summed E-state index contributed by atoms with van der Waals surface area (Å²) in [6.07, 6.45) is 7.51. The Morgan fingerprint density at radius 3 is 2.85 bits per heavy atom. The first-order chi connectivity index (χ1) is 6.25. The normalized spacial score (nSPS) is 17.2. The third-order valence-corrected chi connectivity index (χ3v) is 2.23. The van der Waals surface area contributed by atoms with Crippen LogP contribution in [-0.2, 0) is 4.79 Å². The van der Waals surface area contributed by atoms with Gasteiger partial charge in [-0.05, 0) is 18.9 Å². The van der Waals surface area contributed by atoms with Crippen LogP contribution in [0.1, 0.15) is 33.1 Å². The third kappa shape index (κ3) is 2.72. The van der Waals surface area contributed by atoms with Gasteiger partial charge in [0.1, 0.15) is 0 Å². The van der Waals surface area contributed by atoms with E-state index in [1.165, 1.54) is 12.8 Å². The Balaban J connectivity index is 2.47. The molecule has 2 nitrogen and oxygen atoms in total. The molecule has 13 heavy (non-hydrogen) atoms. The molecule has 0 aliphatic carbocycles. The van der Waals surface area contributed by atoms with Gasteiger partial charge < -0.3 is 5.32 Å². The summed E-state index contributed by atoms with van der Waals surface area (Å²) < 4.78 is 0. The van der Waals surface area contributed by atoms with Crippen LogP contribution >= 0.6 is 0 Å². The molecule has 0 radical (unpaired) electrons.